The molecule has 0 spiro atoms. The number of thioether (sulfide) groups is 1. The van der Waals surface area contributed by atoms with Crippen LogP contribution in [0.2, 0.25) is 5.02 Å². The van der Waals surface area contributed by atoms with Crippen LogP contribution >= 0.6 is 23.4 Å². The Labute approximate surface area is 205 Å². The third-order valence-electron chi connectivity index (χ3n) is 5.40. The molecule has 176 valence electrons. The summed E-state index contributed by atoms with van der Waals surface area (Å²) >= 11 is 7.58. The molecule has 0 bridgehead atoms. The Balaban J connectivity index is 1.70. The van der Waals surface area contributed by atoms with Gasteiger partial charge in [-0.3, -0.25) is 14.3 Å². The van der Waals surface area contributed by atoms with Crippen molar-refractivity contribution in [2.75, 3.05) is 19.4 Å². The number of carbonyl (C=O) groups excluding carboxylic acids is 1. The Morgan fingerprint density at radius 2 is 1.91 bits per heavy atom. The van der Waals surface area contributed by atoms with Crippen molar-refractivity contribution in [3.8, 4) is 5.69 Å². The van der Waals surface area contributed by atoms with Crippen molar-refractivity contribution >= 4 is 45.9 Å². The molecule has 2 aromatic carbocycles. The van der Waals surface area contributed by atoms with Crippen LogP contribution in [-0.2, 0) is 10.5 Å². The van der Waals surface area contributed by atoms with E-state index in [0.717, 1.165) is 22.5 Å². The monoisotopic (exact) mass is 497 g/mol. The summed E-state index contributed by atoms with van der Waals surface area (Å²) in [6, 6.07) is 14.3. The van der Waals surface area contributed by atoms with Crippen LogP contribution in [0.25, 0.3) is 16.7 Å². The standard InChI is InChI=1S/C24H24ClN5O3S/c1-14(29(3)4)23-27-28-24(30(23)19-8-5-17(25)6-9-19)34-13-16-11-22(32)33-21-12-18(26-15(2)31)7-10-20(16)21/h5-12,14H,13H2,1-4H3,(H,26,31). The summed E-state index contributed by atoms with van der Waals surface area (Å²) < 4.78 is 7.38. The molecule has 0 aliphatic rings. The van der Waals surface area contributed by atoms with Gasteiger partial charge in [0.15, 0.2) is 11.0 Å². The van der Waals surface area contributed by atoms with Gasteiger partial charge in [0.25, 0.3) is 0 Å². The van der Waals surface area contributed by atoms with Crippen LogP contribution in [0.15, 0.2) is 62.9 Å². The number of benzene rings is 2. The van der Waals surface area contributed by atoms with E-state index in [4.69, 9.17) is 16.0 Å². The van der Waals surface area contributed by atoms with E-state index in [0.29, 0.717) is 27.2 Å². The number of anilines is 1. The molecule has 4 aromatic rings. The molecule has 2 heterocycles. The largest absolute Gasteiger partial charge is 0.423 e. The lowest BCUT2D eigenvalue weighted by atomic mass is 10.1. The summed E-state index contributed by atoms with van der Waals surface area (Å²) in [5, 5.41) is 13.8. The fourth-order valence-corrected chi connectivity index (χ4v) is 4.56. The first kappa shape index (κ1) is 24.0. The highest BCUT2D eigenvalue weighted by Gasteiger charge is 2.21. The van der Waals surface area contributed by atoms with Crippen molar-refractivity contribution in [3.63, 3.8) is 0 Å². The lowest BCUT2D eigenvalue weighted by Gasteiger charge is -2.20. The molecule has 1 N–H and O–H groups in total. The van der Waals surface area contributed by atoms with E-state index in [-0.39, 0.29) is 11.9 Å². The molecular formula is C24H24ClN5O3S. The van der Waals surface area contributed by atoms with Crippen LogP contribution in [0.3, 0.4) is 0 Å². The maximum atomic E-state index is 12.2. The van der Waals surface area contributed by atoms with Crippen LogP contribution in [0.4, 0.5) is 5.69 Å². The zero-order valence-corrected chi connectivity index (χ0v) is 20.8. The number of rotatable bonds is 7. The van der Waals surface area contributed by atoms with Crippen LogP contribution in [-0.4, -0.2) is 39.7 Å². The third-order valence-corrected chi connectivity index (χ3v) is 6.63. The number of amides is 1. The SMILES string of the molecule is CC(=O)Nc1ccc2c(CSc3nnc(C(C)N(C)C)n3-c3ccc(Cl)cc3)cc(=O)oc2c1. The average Bonchev–Trinajstić information content (AvgIpc) is 3.20. The minimum atomic E-state index is -0.454. The second-order valence-corrected chi connectivity index (χ2v) is 9.44. The third kappa shape index (κ3) is 5.16. The van der Waals surface area contributed by atoms with Crippen molar-refractivity contribution in [2.24, 2.45) is 0 Å². The highest BCUT2D eigenvalue weighted by molar-refractivity contribution is 7.98. The van der Waals surface area contributed by atoms with Gasteiger partial charge >= 0.3 is 5.63 Å². The van der Waals surface area contributed by atoms with Gasteiger partial charge in [0.1, 0.15) is 5.58 Å². The van der Waals surface area contributed by atoms with E-state index >= 15 is 0 Å². The van der Waals surface area contributed by atoms with E-state index < -0.39 is 5.63 Å². The number of nitrogens with one attached hydrogen (secondary N) is 1. The number of hydrogen-bond donors (Lipinski definition) is 1. The molecule has 1 unspecified atom stereocenters. The molecule has 10 heteroatoms. The molecule has 0 aliphatic heterocycles. The van der Waals surface area contributed by atoms with Gasteiger partial charge in [-0.15, -0.1) is 10.2 Å². The fourth-order valence-electron chi connectivity index (χ4n) is 3.48. The molecule has 0 saturated heterocycles. The minimum Gasteiger partial charge on any atom is -0.423 e. The summed E-state index contributed by atoms with van der Waals surface area (Å²) in [5.41, 5.74) is 2.23. The Morgan fingerprint density at radius 1 is 1.18 bits per heavy atom. The van der Waals surface area contributed by atoms with Crippen LogP contribution in [0, 0.1) is 0 Å². The lowest BCUT2D eigenvalue weighted by molar-refractivity contribution is -0.114. The minimum absolute atomic E-state index is 0.0225. The smallest absolute Gasteiger partial charge is 0.336 e. The maximum absolute atomic E-state index is 12.2. The molecule has 2 aromatic heterocycles. The van der Waals surface area contributed by atoms with Crippen molar-refractivity contribution in [1.29, 1.82) is 0 Å². The average molecular weight is 498 g/mol. The Kier molecular flexibility index (Phi) is 7.06. The van der Waals surface area contributed by atoms with Crippen molar-refractivity contribution in [1.82, 2.24) is 19.7 Å². The molecule has 1 atom stereocenters. The number of halogens is 1. The molecule has 1 amide bonds. The van der Waals surface area contributed by atoms with Crippen molar-refractivity contribution < 1.29 is 9.21 Å². The molecule has 0 fully saturated rings. The molecule has 34 heavy (non-hydrogen) atoms. The van der Waals surface area contributed by atoms with Gasteiger partial charge < -0.3 is 9.73 Å². The topological polar surface area (TPSA) is 93.3 Å². The summed E-state index contributed by atoms with van der Waals surface area (Å²) in [4.78, 5) is 25.7. The first-order chi connectivity index (χ1) is 16.2. The van der Waals surface area contributed by atoms with Gasteiger partial charge in [0.05, 0.1) is 6.04 Å². The van der Waals surface area contributed by atoms with Gasteiger partial charge in [0.2, 0.25) is 5.91 Å². The Hall–Kier alpha value is -3.14. The van der Waals surface area contributed by atoms with Gasteiger partial charge in [-0.25, -0.2) is 4.79 Å². The predicted molar refractivity (Wildman–Crippen MR) is 135 cm³/mol. The lowest BCUT2D eigenvalue weighted by Crippen LogP contribution is -2.20. The molecule has 8 nitrogen and oxygen atoms in total. The number of nitrogens with zero attached hydrogens (tertiary/aromatic N) is 4. The first-order valence-electron chi connectivity index (χ1n) is 10.6. The summed E-state index contributed by atoms with van der Waals surface area (Å²) in [6.45, 7) is 3.49. The number of fused-ring (bicyclic) bond motifs is 1. The molecule has 4 rings (SSSR count). The van der Waals surface area contributed by atoms with Gasteiger partial charge in [-0.2, -0.15) is 0 Å². The molecule has 0 saturated carbocycles. The van der Waals surface area contributed by atoms with E-state index in [1.807, 2.05) is 49.0 Å². The zero-order valence-electron chi connectivity index (χ0n) is 19.2. The van der Waals surface area contributed by atoms with Crippen molar-refractivity contribution in [2.45, 2.75) is 30.8 Å². The second kappa shape index (κ2) is 10.0. The number of hydrogen-bond acceptors (Lipinski definition) is 7. The number of carbonyl (C=O) groups is 1. The first-order valence-corrected chi connectivity index (χ1v) is 11.9. The molecule has 0 radical (unpaired) electrons. The van der Waals surface area contributed by atoms with Crippen LogP contribution < -0.4 is 10.9 Å². The number of aromatic nitrogens is 3. The van der Waals surface area contributed by atoms with E-state index in [9.17, 15) is 9.59 Å². The molecule has 0 aliphatic carbocycles. The highest BCUT2D eigenvalue weighted by atomic mass is 35.5. The Morgan fingerprint density at radius 3 is 2.59 bits per heavy atom. The second-order valence-electron chi connectivity index (χ2n) is 8.06. The van der Waals surface area contributed by atoms with Gasteiger partial charge in [0, 0.05) is 46.6 Å². The normalized spacial score (nSPS) is 12.3. The van der Waals surface area contributed by atoms with Crippen LogP contribution in [0.5, 0.6) is 0 Å². The summed E-state index contributed by atoms with van der Waals surface area (Å²) in [5.74, 6) is 1.08. The summed E-state index contributed by atoms with van der Waals surface area (Å²) in [7, 11) is 3.98. The quantitative estimate of drug-likeness (QED) is 0.286. The predicted octanol–water partition coefficient (Wildman–Crippen LogP) is 4.90. The summed E-state index contributed by atoms with van der Waals surface area (Å²) in [6.07, 6.45) is 0. The zero-order chi connectivity index (χ0) is 24.4. The maximum Gasteiger partial charge on any atom is 0.336 e. The van der Waals surface area contributed by atoms with Crippen LogP contribution in [0.1, 0.15) is 31.3 Å². The van der Waals surface area contributed by atoms with E-state index in [1.165, 1.54) is 24.8 Å². The Bertz CT molecular complexity index is 1400. The molecular weight excluding hydrogens is 474 g/mol. The van der Waals surface area contributed by atoms with Gasteiger partial charge in [-0.1, -0.05) is 23.4 Å². The van der Waals surface area contributed by atoms with E-state index in [2.05, 4.69) is 27.3 Å². The fraction of sp³-hybridized carbons (Fsp3) is 0.250. The van der Waals surface area contributed by atoms with E-state index in [1.54, 1.807) is 12.1 Å². The van der Waals surface area contributed by atoms with Gasteiger partial charge in [-0.05, 0) is 63.0 Å². The van der Waals surface area contributed by atoms with Crippen molar-refractivity contribution in [3.05, 3.63) is 75.4 Å². The highest BCUT2D eigenvalue weighted by Crippen LogP contribution is 2.31.